The minimum atomic E-state index is 0.0966. The van der Waals surface area contributed by atoms with Crippen LogP contribution in [0.15, 0.2) is 24.4 Å². The van der Waals surface area contributed by atoms with Crippen LogP contribution in [0.2, 0.25) is 0 Å². The lowest BCUT2D eigenvalue weighted by Gasteiger charge is -2.27. The second-order valence-corrected chi connectivity index (χ2v) is 5.28. The van der Waals surface area contributed by atoms with Crippen LogP contribution in [0.5, 0.6) is 0 Å². The van der Waals surface area contributed by atoms with Crippen molar-refractivity contribution in [1.29, 1.82) is 0 Å². The minimum Gasteiger partial charge on any atom is -0.392 e. The second kappa shape index (κ2) is 9.65. The van der Waals surface area contributed by atoms with Gasteiger partial charge in [-0.1, -0.05) is 32.9 Å². The Morgan fingerprint density at radius 2 is 2.00 bits per heavy atom. The predicted molar refractivity (Wildman–Crippen MR) is 82.9 cm³/mol. The molecule has 1 amide bonds. The van der Waals surface area contributed by atoms with Crippen molar-refractivity contribution in [3.05, 3.63) is 24.4 Å². The number of hydrogen-bond donors (Lipinski definition) is 1. The van der Waals surface area contributed by atoms with Crippen molar-refractivity contribution >= 4 is 5.91 Å². The number of carbonyl (C=O) groups is 1. The van der Waals surface area contributed by atoms with Gasteiger partial charge in [0.1, 0.15) is 0 Å². The summed E-state index contributed by atoms with van der Waals surface area (Å²) in [6, 6.07) is 0.0966. The van der Waals surface area contributed by atoms with Crippen LogP contribution >= 0.6 is 0 Å². The maximum Gasteiger partial charge on any atom is 0.226 e. The first kappa shape index (κ1) is 17.8. The van der Waals surface area contributed by atoms with E-state index in [2.05, 4.69) is 32.7 Å². The van der Waals surface area contributed by atoms with Crippen LogP contribution in [0.4, 0.5) is 0 Å². The molecular formula is C16H30N2O. The van der Waals surface area contributed by atoms with Gasteiger partial charge < -0.3 is 10.2 Å². The molecule has 0 aliphatic rings. The third-order valence-corrected chi connectivity index (χ3v) is 3.33. The number of rotatable bonds is 9. The fraction of sp³-hybridized carbons (Fsp3) is 0.688. The van der Waals surface area contributed by atoms with Crippen molar-refractivity contribution in [3.8, 4) is 0 Å². The van der Waals surface area contributed by atoms with Gasteiger partial charge in [-0.05, 0) is 25.7 Å². The van der Waals surface area contributed by atoms with Gasteiger partial charge in [-0.25, -0.2) is 0 Å². The first-order chi connectivity index (χ1) is 8.96. The van der Waals surface area contributed by atoms with Gasteiger partial charge >= 0.3 is 0 Å². The average molecular weight is 266 g/mol. The third kappa shape index (κ3) is 7.04. The van der Waals surface area contributed by atoms with Crippen LogP contribution in [-0.2, 0) is 4.79 Å². The molecule has 1 unspecified atom stereocenters. The molecule has 0 saturated carbocycles. The zero-order chi connectivity index (χ0) is 14.8. The molecule has 0 bridgehead atoms. The van der Waals surface area contributed by atoms with E-state index in [1.54, 1.807) is 0 Å². The molecule has 0 aliphatic heterocycles. The molecule has 0 heterocycles. The van der Waals surface area contributed by atoms with Crippen LogP contribution in [0.25, 0.3) is 0 Å². The van der Waals surface area contributed by atoms with Gasteiger partial charge in [0.25, 0.3) is 0 Å². The van der Waals surface area contributed by atoms with E-state index in [4.69, 9.17) is 0 Å². The lowest BCUT2D eigenvalue weighted by molar-refractivity contribution is -0.131. The predicted octanol–water partition coefficient (Wildman–Crippen LogP) is 3.34. The Balaban J connectivity index is 4.62. The number of amides is 1. The lowest BCUT2D eigenvalue weighted by Crippen LogP contribution is -2.38. The minimum absolute atomic E-state index is 0.0966. The summed E-state index contributed by atoms with van der Waals surface area (Å²) in [6.07, 6.45) is 6.23. The monoisotopic (exact) mass is 266 g/mol. The molecule has 110 valence electrons. The van der Waals surface area contributed by atoms with E-state index in [0.29, 0.717) is 12.3 Å². The summed E-state index contributed by atoms with van der Waals surface area (Å²) in [4.78, 5) is 14.2. The van der Waals surface area contributed by atoms with E-state index in [1.807, 2.05) is 31.0 Å². The topological polar surface area (TPSA) is 32.3 Å². The smallest absolute Gasteiger partial charge is 0.226 e. The Hall–Kier alpha value is -1.25. The molecular weight excluding hydrogens is 236 g/mol. The molecule has 1 N–H and O–H groups in total. The average Bonchev–Trinajstić information content (AvgIpc) is 2.39. The molecule has 0 aromatic carbocycles. The zero-order valence-corrected chi connectivity index (χ0v) is 13.2. The van der Waals surface area contributed by atoms with Crippen LogP contribution in [0.3, 0.4) is 0 Å². The maximum atomic E-state index is 12.3. The quantitative estimate of drug-likeness (QED) is 0.649. The zero-order valence-electron chi connectivity index (χ0n) is 13.2. The Labute approximate surface area is 118 Å². The van der Waals surface area contributed by atoms with Crippen molar-refractivity contribution in [2.45, 2.75) is 53.0 Å². The Morgan fingerprint density at radius 3 is 2.42 bits per heavy atom. The highest BCUT2D eigenvalue weighted by molar-refractivity contribution is 5.78. The number of nitrogens with zero attached hydrogens (tertiary/aromatic N) is 1. The summed E-state index contributed by atoms with van der Waals surface area (Å²) in [6.45, 7) is 13.1. The first-order valence-corrected chi connectivity index (χ1v) is 7.25. The van der Waals surface area contributed by atoms with E-state index in [0.717, 1.165) is 25.1 Å². The van der Waals surface area contributed by atoms with Crippen LogP contribution in [0, 0.1) is 5.92 Å². The molecule has 3 nitrogen and oxygen atoms in total. The van der Waals surface area contributed by atoms with Crippen molar-refractivity contribution in [1.82, 2.24) is 10.2 Å². The molecule has 0 rings (SSSR count). The summed E-state index contributed by atoms with van der Waals surface area (Å²) >= 11 is 0. The summed E-state index contributed by atoms with van der Waals surface area (Å²) < 4.78 is 0. The van der Waals surface area contributed by atoms with E-state index >= 15 is 0 Å². The van der Waals surface area contributed by atoms with Crippen molar-refractivity contribution in [2.24, 2.45) is 5.92 Å². The van der Waals surface area contributed by atoms with Crippen molar-refractivity contribution in [2.75, 3.05) is 13.6 Å². The summed E-state index contributed by atoms with van der Waals surface area (Å²) in [5.41, 5.74) is 1.11. The molecule has 1 atom stereocenters. The highest BCUT2D eigenvalue weighted by Crippen LogP contribution is 2.10. The molecule has 0 saturated heterocycles. The standard InChI is InChI=1S/C16H30N2O/c1-7-14(5)18(12-11-13(3)4)16(19)10-9-15(8-2)17-6/h7,9,13-14,17H,1,8,10-12H2,2-6H3/b15-9-. The lowest BCUT2D eigenvalue weighted by atomic mass is 10.1. The summed E-state index contributed by atoms with van der Waals surface area (Å²) in [5.74, 6) is 0.778. The Kier molecular flexibility index (Phi) is 9.02. The number of nitrogens with one attached hydrogen (secondary N) is 1. The molecule has 3 heteroatoms. The third-order valence-electron chi connectivity index (χ3n) is 3.33. The van der Waals surface area contributed by atoms with E-state index in [-0.39, 0.29) is 11.9 Å². The van der Waals surface area contributed by atoms with Crippen LogP contribution in [0.1, 0.15) is 47.0 Å². The molecule has 0 aromatic heterocycles. The van der Waals surface area contributed by atoms with Gasteiger partial charge in [-0.3, -0.25) is 4.79 Å². The molecule has 0 fully saturated rings. The normalized spacial score (nSPS) is 13.3. The molecule has 0 spiro atoms. The van der Waals surface area contributed by atoms with Crippen molar-refractivity contribution in [3.63, 3.8) is 0 Å². The van der Waals surface area contributed by atoms with E-state index in [9.17, 15) is 4.79 Å². The number of allylic oxidation sites excluding steroid dienone is 1. The van der Waals surface area contributed by atoms with Gasteiger partial charge in [0.15, 0.2) is 0 Å². The van der Waals surface area contributed by atoms with Gasteiger partial charge in [0, 0.05) is 31.8 Å². The fourth-order valence-electron chi connectivity index (χ4n) is 1.83. The highest BCUT2D eigenvalue weighted by atomic mass is 16.2. The van der Waals surface area contributed by atoms with Crippen molar-refractivity contribution < 1.29 is 4.79 Å². The first-order valence-electron chi connectivity index (χ1n) is 7.25. The largest absolute Gasteiger partial charge is 0.392 e. The summed E-state index contributed by atoms with van der Waals surface area (Å²) in [5, 5.41) is 3.11. The van der Waals surface area contributed by atoms with Gasteiger partial charge in [0.05, 0.1) is 0 Å². The number of carbonyl (C=O) groups excluding carboxylic acids is 1. The SMILES string of the molecule is C=CC(C)N(CCC(C)C)C(=O)C/C=C(/CC)NC. The maximum absolute atomic E-state index is 12.3. The summed E-state index contributed by atoms with van der Waals surface area (Å²) in [7, 11) is 1.89. The molecule has 0 aliphatic carbocycles. The highest BCUT2D eigenvalue weighted by Gasteiger charge is 2.17. The van der Waals surface area contributed by atoms with E-state index in [1.165, 1.54) is 0 Å². The van der Waals surface area contributed by atoms with E-state index < -0.39 is 0 Å². The van der Waals surface area contributed by atoms with Gasteiger partial charge in [-0.2, -0.15) is 0 Å². The number of hydrogen-bond acceptors (Lipinski definition) is 2. The fourth-order valence-corrected chi connectivity index (χ4v) is 1.83. The second-order valence-electron chi connectivity index (χ2n) is 5.28. The van der Waals surface area contributed by atoms with Crippen LogP contribution < -0.4 is 5.32 Å². The van der Waals surface area contributed by atoms with Gasteiger partial charge in [-0.15, -0.1) is 6.58 Å². The van der Waals surface area contributed by atoms with Crippen LogP contribution in [-0.4, -0.2) is 30.4 Å². The Bertz CT molecular complexity index is 302. The van der Waals surface area contributed by atoms with Gasteiger partial charge in [0.2, 0.25) is 5.91 Å². The molecule has 19 heavy (non-hydrogen) atoms. The molecule has 0 aromatic rings. The molecule has 0 radical (unpaired) electrons. The Morgan fingerprint density at radius 1 is 1.37 bits per heavy atom.